The minimum absolute atomic E-state index is 0.238. The molecular formula is C12H18N2O3. The molecule has 0 bridgehead atoms. The zero-order valence-corrected chi connectivity index (χ0v) is 9.84. The maximum atomic E-state index is 12.1. The molecule has 0 aromatic heterocycles. The summed E-state index contributed by atoms with van der Waals surface area (Å²) < 4.78 is 0. The molecule has 0 aromatic carbocycles. The number of carboxylic acids is 1. The van der Waals surface area contributed by atoms with Crippen LogP contribution in [0.1, 0.15) is 12.8 Å². The van der Waals surface area contributed by atoms with Gasteiger partial charge in [-0.3, -0.25) is 4.79 Å². The van der Waals surface area contributed by atoms with Gasteiger partial charge in [0.05, 0.1) is 0 Å². The highest BCUT2D eigenvalue weighted by Gasteiger charge is 2.34. The van der Waals surface area contributed by atoms with Crippen molar-refractivity contribution in [2.75, 3.05) is 19.6 Å². The molecule has 0 aliphatic heterocycles. The van der Waals surface area contributed by atoms with Crippen LogP contribution in [0, 0.1) is 0 Å². The van der Waals surface area contributed by atoms with Crippen LogP contribution < -0.4 is 0 Å². The monoisotopic (exact) mass is 238 g/mol. The Kier molecular flexibility index (Phi) is 4.75. The van der Waals surface area contributed by atoms with E-state index in [1.165, 1.54) is 11.0 Å². The van der Waals surface area contributed by atoms with E-state index in [2.05, 4.69) is 13.2 Å². The second kappa shape index (κ2) is 6.08. The first kappa shape index (κ1) is 13.3. The lowest BCUT2D eigenvalue weighted by Gasteiger charge is -2.28. The smallest absolute Gasteiger partial charge is 0.323 e. The minimum Gasteiger partial charge on any atom is -0.480 e. The van der Waals surface area contributed by atoms with Crippen LogP contribution >= 0.6 is 0 Å². The molecule has 5 heteroatoms. The van der Waals surface area contributed by atoms with Gasteiger partial charge in [0.2, 0.25) is 0 Å². The number of nitrogens with zero attached hydrogens (tertiary/aromatic N) is 2. The Hall–Kier alpha value is -1.78. The molecule has 1 saturated carbocycles. The number of hydrogen-bond donors (Lipinski definition) is 1. The predicted molar refractivity (Wildman–Crippen MR) is 64.7 cm³/mol. The summed E-state index contributed by atoms with van der Waals surface area (Å²) in [7, 11) is 0. The molecule has 0 radical (unpaired) electrons. The van der Waals surface area contributed by atoms with Crippen LogP contribution in [0.4, 0.5) is 4.79 Å². The summed E-state index contributed by atoms with van der Waals surface area (Å²) >= 11 is 0. The van der Waals surface area contributed by atoms with Gasteiger partial charge in [-0.25, -0.2) is 4.79 Å². The lowest BCUT2D eigenvalue weighted by Crippen LogP contribution is -2.46. The summed E-state index contributed by atoms with van der Waals surface area (Å²) in [6.07, 6.45) is 5.14. The first-order valence-electron chi connectivity index (χ1n) is 5.59. The van der Waals surface area contributed by atoms with Crippen LogP contribution in [-0.4, -0.2) is 52.6 Å². The number of hydrogen-bond acceptors (Lipinski definition) is 2. The largest absolute Gasteiger partial charge is 0.480 e. The average Bonchev–Trinajstić information content (AvgIpc) is 3.07. The van der Waals surface area contributed by atoms with Crippen molar-refractivity contribution < 1.29 is 14.7 Å². The molecule has 1 aliphatic carbocycles. The number of aliphatic carboxylic acids is 1. The van der Waals surface area contributed by atoms with E-state index in [9.17, 15) is 9.59 Å². The quantitative estimate of drug-likeness (QED) is 0.681. The summed E-state index contributed by atoms with van der Waals surface area (Å²) in [6.45, 7) is 7.54. The van der Waals surface area contributed by atoms with Crippen molar-refractivity contribution in [2.24, 2.45) is 0 Å². The van der Waals surface area contributed by atoms with Gasteiger partial charge < -0.3 is 14.9 Å². The predicted octanol–water partition coefficient (Wildman–Crippen LogP) is 1.33. The van der Waals surface area contributed by atoms with Crippen LogP contribution in [0.2, 0.25) is 0 Å². The highest BCUT2D eigenvalue weighted by molar-refractivity contribution is 5.80. The fourth-order valence-corrected chi connectivity index (χ4v) is 1.62. The van der Waals surface area contributed by atoms with Gasteiger partial charge in [0.15, 0.2) is 0 Å². The number of urea groups is 1. The highest BCUT2D eigenvalue weighted by Crippen LogP contribution is 2.27. The van der Waals surface area contributed by atoms with Crippen molar-refractivity contribution >= 4 is 12.0 Å². The Morgan fingerprint density at radius 3 is 2.24 bits per heavy atom. The fourth-order valence-electron chi connectivity index (χ4n) is 1.62. The maximum Gasteiger partial charge on any atom is 0.323 e. The molecule has 0 spiro atoms. The Bertz CT molecular complexity index is 324. The normalized spacial score (nSPS) is 13.9. The van der Waals surface area contributed by atoms with E-state index in [1.54, 1.807) is 11.0 Å². The molecule has 0 aromatic rings. The van der Waals surface area contributed by atoms with Crippen molar-refractivity contribution in [2.45, 2.75) is 18.9 Å². The number of rotatable bonds is 7. The van der Waals surface area contributed by atoms with Crippen molar-refractivity contribution in [1.29, 1.82) is 0 Å². The van der Waals surface area contributed by atoms with E-state index in [1.807, 2.05) is 0 Å². The van der Waals surface area contributed by atoms with E-state index in [0.29, 0.717) is 6.54 Å². The minimum atomic E-state index is -1.02. The van der Waals surface area contributed by atoms with E-state index >= 15 is 0 Å². The second-order valence-electron chi connectivity index (χ2n) is 4.02. The van der Waals surface area contributed by atoms with Gasteiger partial charge in [-0.1, -0.05) is 12.2 Å². The summed E-state index contributed by atoms with van der Waals surface area (Å²) in [4.78, 5) is 25.8. The topological polar surface area (TPSA) is 60.9 Å². The Labute approximate surface area is 101 Å². The van der Waals surface area contributed by atoms with Gasteiger partial charge in [-0.05, 0) is 12.8 Å². The lowest BCUT2D eigenvalue weighted by molar-refractivity contribution is -0.137. The third kappa shape index (κ3) is 3.94. The third-order valence-corrected chi connectivity index (χ3v) is 2.51. The van der Waals surface area contributed by atoms with E-state index in [-0.39, 0.29) is 25.2 Å². The fraction of sp³-hybridized carbons (Fsp3) is 0.500. The SMILES string of the molecule is C=CCN(CC(=O)O)C(=O)N(CC=C)C1CC1. The van der Waals surface area contributed by atoms with E-state index in [0.717, 1.165) is 12.8 Å². The van der Waals surface area contributed by atoms with E-state index in [4.69, 9.17) is 5.11 Å². The number of carbonyl (C=O) groups excluding carboxylic acids is 1. The molecule has 1 fully saturated rings. The van der Waals surface area contributed by atoms with Crippen LogP contribution in [0.25, 0.3) is 0 Å². The molecule has 5 nitrogen and oxygen atoms in total. The van der Waals surface area contributed by atoms with Crippen molar-refractivity contribution in [3.05, 3.63) is 25.3 Å². The van der Waals surface area contributed by atoms with Gasteiger partial charge in [-0.15, -0.1) is 13.2 Å². The molecule has 17 heavy (non-hydrogen) atoms. The number of carboxylic acid groups (broad SMARTS) is 1. The standard InChI is InChI=1S/C12H18N2O3/c1-3-7-13(9-11(15)16)12(17)14(8-4-2)10-5-6-10/h3-4,10H,1-2,5-9H2,(H,15,16). The molecule has 0 saturated heterocycles. The Balaban J connectivity index is 2.68. The summed E-state index contributed by atoms with van der Waals surface area (Å²) in [6, 6.07) is -0.0173. The Morgan fingerprint density at radius 1 is 1.24 bits per heavy atom. The van der Waals surface area contributed by atoms with Gasteiger partial charge in [0.1, 0.15) is 6.54 Å². The zero-order valence-electron chi connectivity index (χ0n) is 9.84. The van der Waals surface area contributed by atoms with Gasteiger partial charge in [0, 0.05) is 19.1 Å². The van der Waals surface area contributed by atoms with Crippen LogP contribution in [0.5, 0.6) is 0 Å². The van der Waals surface area contributed by atoms with Crippen LogP contribution in [0.15, 0.2) is 25.3 Å². The molecule has 0 unspecified atom stereocenters. The summed E-state index contributed by atoms with van der Waals surface area (Å²) in [5.41, 5.74) is 0. The molecule has 1 N–H and O–H groups in total. The molecular weight excluding hydrogens is 220 g/mol. The molecule has 1 aliphatic rings. The van der Waals surface area contributed by atoms with Crippen molar-refractivity contribution in [3.8, 4) is 0 Å². The second-order valence-corrected chi connectivity index (χ2v) is 4.02. The molecule has 0 atom stereocenters. The van der Waals surface area contributed by atoms with Crippen molar-refractivity contribution in [1.82, 2.24) is 9.80 Å². The maximum absolute atomic E-state index is 12.1. The highest BCUT2D eigenvalue weighted by atomic mass is 16.4. The lowest BCUT2D eigenvalue weighted by atomic mass is 10.4. The first-order valence-corrected chi connectivity index (χ1v) is 5.59. The van der Waals surface area contributed by atoms with Gasteiger partial charge >= 0.3 is 12.0 Å². The molecule has 2 amide bonds. The van der Waals surface area contributed by atoms with Crippen LogP contribution in [0.3, 0.4) is 0 Å². The van der Waals surface area contributed by atoms with Crippen molar-refractivity contribution in [3.63, 3.8) is 0 Å². The van der Waals surface area contributed by atoms with Gasteiger partial charge in [0.25, 0.3) is 0 Å². The Morgan fingerprint density at radius 2 is 1.82 bits per heavy atom. The zero-order chi connectivity index (χ0) is 12.8. The van der Waals surface area contributed by atoms with E-state index < -0.39 is 5.97 Å². The summed E-state index contributed by atoms with van der Waals surface area (Å²) in [5.74, 6) is -1.02. The molecule has 0 heterocycles. The number of carbonyl (C=O) groups is 2. The first-order chi connectivity index (χ1) is 8.10. The third-order valence-electron chi connectivity index (χ3n) is 2.51. The summed E-state index contributed by atoms with van der Waals surface area (Å²) in [5, 5.41) is 8.76. The average molecular weight is 238 g/mol. The van der Waals surface area contributed by atoms with Crippen LogP contribution in [-0.2, 0) is 4.79 Å². The molecule has 1 rings (SSSR count). The van der Waals surface area contributed by atoms with Gasteiger partial charge in [-0.2, -0.15) is 0 Å². The number of amides is 2. The molecule has 94 valence electrons.